The van der Waals surface area contributed by atoms with Gasteiger partial charge in [-0.3, -0.25) is 10.1 Å². The molecule has 1 unspecified atom stereocenters. The fourth-order valence-electron chi connectivity index (χ4n) is 1.96. The van der Waals surface area contributed by atoms with Crippen molar-refractivity contribution >= 4 is 21.8 Å². The standard InChI is InChI=1S/C15H14BrFN2O/c16-12-6-10(7-13(17)8-12)9-19-14(15(18)20)11-4-2-1-3-5-11/h1-8,14,19H,9H2,(H2,18,20). The molecule has 0 aliphatic carbocycles. The van der Waals surface area contributed by atoms with Crippen LogP contribution < -0.4 is 11.1 Å². The third kappa shape index (κ3) is 3.88. The van der Waals surface area contributed by atoms with Crippen molar-refractivity contribution in [3.05, 3.63) is 69.9 Å². The van der Waals surface area contributed by atoms with Crippen molar-refractivity contribution in [2.45, 2.75) is 12.6 Å². The number of halogens is 2. The molecule has 0 saturated heterocycles. The normalized spacial score (nSPS) is 12.1. The molecule has 0 aliphatic rings. The largest absolute Gasteiger partial charge is 0.368 e. The molecule has 0 aromatic heterocycles. The van der Waals surface area contributed by atoms with Gasteiger partial charge in [0.2, 0.25) is 5.91 Å². The third-order valence-electron chi connectivity index (χ3n) is 2.85. The van der Waals surface area contributed by atoms with Crippen LogP contribution in [0, 0.1) is 5.82 Å². The van der Waals surface area contributed by atoms with E-state index in [0.29, 0.717) is 11.0 Å². The summed E-state index contributed by atoms with van der Waals surface area (Å²) in [6.07, 6.45) is 0. The first-order chi connectivity index (χ1) is 9.56. The molecule has 2 aromatic rings. The molecule has 0 aliphatic heterocycles. The van der Waals surface area contributed by atoms with Gasteiger partial charge in [0.25, 0.3) is 0 Å². The average Bonchev–Trinajstić information content (AvgIpc) is 2.38. The van der Waals surface area contributed by atoms with Gasteiger partial charge in [0, 0.05) is 11.0 Å². The Kier molecular flexibility index (Phi) is 4.87. The first-order valence-corrected chi connectivity index (χ1v) is 6.88. The van der Waals surface area contributed by atoms with Crippen LogP contribution in [0.3, 0.4) is 0 Å². The zero-order chi connectivity index (χ0) is 14.5. The molecule has 5 heteroatoms. The van der Waals surface area contributed by atoms with Gasteiger partial charge >= 0.3 is 0 Å². The molecule has 0 radical (unpaired) electrons. The van der Waals surface area contributed by atoms with Crippen molar-refractivity contribution in [1.29, 1.82) is 0 Å². The first kappa shape index (κ1) is 14.7. The number of hydrogen-bond donors (Lipinski definition) is 2. The van der Waals surface area contributed by atoms with Gasteiger partial charge in [0.15, 0.2) is 0 Å². The van der Waals surface area contributed by atoms with E-state index in [2.05, 4.69) is 21.2 Å². The molecule has 20 heavy (non-hydrogen) atoms. The van der Waals surface area contributed by atoms with Crippen molar-refractivity contribution in [2.75, 3.05) is 0 Å². The zero-order valence-corrected chi connectivity index (χ0v) is 12.2. The van der Waals surface area contributed by atoms with Gasteiger partial charge in [-0.2, -0.15) is 0 Å². The van der Waals surface area contributed by atoms with Gasteiger partial charge in [0.05, 0.1) is 0 Å². The second kappa shape index (κ2) is 6.63. The lowest BCUT2D eigenvalue weighted by Gasteiger charge is -2.16. The van der Waals surface area contributed by atoms with Crippen LogP contribution in [0.1, 0.15) is 17.2 Å². The van der Waals surface area contributed by atoms with E-state index in [4.69, 9.17) is 5.73 Å². The number of carbonyl (C=O) groups is 1. The second-order valence-corrected chi connectivity index (χ2v) is 5.32. The number of nitrogens with one attached hydrogen (secondary N) is 1. The summed E-state index contributed by atoms with van der Waals surface area (Å²) in [5.41, 5.74) is 6.93. The van der Waals surface area contributed by atoms with E-state index in [1.165, 1.54) is 12.1 Å². The summed E-state index contributed by atoms with van der Waals surface area (Å²) in [7, 11) is 0. The number of amides is 1. The lowest BCUT2D eigenvalue weighted by Crippen LogP contribution is -2.33. The Morgan fingerprint density at radius 1 is 1.25 bits per heavy atom. The van der Waals surface area contributed by atoms with Gasteiger partial charge < -0.3 is 5.73 Å². The minimum Gasteiger partial charge on any atom is -0.368 e. The number of benzene rings is 2. The smallest absolute Gasteiger partial charge is 0.239 e. The van der Waals surface area contributed by atoms with Crippen LogP contribution in [0.2, 0.25) is 0 Å². The van der Waals surface area contributed by atoms with E-state index in [9.17, 15) is 9.18 Å². The summed E-state index contributed by atoms with van der Waals surface area (Å²) < 4.78 is 13.9. The van der Waals surface area contributed by atoms with Crippen molar-refractivity contribution in [3.8, 4) is 0 Å². The molecule has 2 rings (SSSR count). The zero-order valence-electron chi connectivity index (χ0n) is 10.6. The number of primary amides is 1. The monoisotopic (exact) mass is 336 g/mol. The number of hydrogen-bond acceptors (Lipinski definition) is 2. The van der Waals surface area contributed by atoms with Crippen molar-refractivity contribution in [2.24, 2.45) is 5.73 Å². The van der Waals surface area contributed by atoms with Crippen molar-refractivity contribution < 1.29 is 9.18 Å². The molecule has 1 atom stereocenters. The molecular formula is C15H14BrFN2O. The predicted molar refractivity (Wildman–Crippen MR) is 79.3 cm³/mol. The van der Waals surface area contributed by atoms with Crippen LogP contribution >= 0.6 is 15.9 Å². The van der Waals surface area contributed by atoms with Gasteiger partial charge in [-0.05, 0) is 29.3 Å². The third-order valence-corrected chi connectivity index (χ3v) is 3.31. The molecule has 0 fully saturated rings. The van der Waals surface area contributed by atoms with Crippen LogP contribution in [0.25, 0.3) is 0 Å². The van der Waals surface area contributed by atoms with Crippen LogP contribution in [0.4, 0.5) is 4.39 Å². The molecule has 2 aromatic carbocycles. The van der Waals surface area contributed by atoms with Crippen LogP contribution in [0.15, 0.2) is 53.0 Å². The lowest BCUT2D eigenvalue weighted by molar-refractivity contribution is -0.120. The Balaban J connectivity index is 2.12. The van der Waals surface area contributed by atoms with E-state index in [0.717, 1.165) is 11.1 Å². The molecule has 104 valence electrons. The Morgan fingerprint density at radius 2 is 1.95 bits per heavy atom. The highest BCUT2D eigenvalue weighted by atomic mass is 79.9. The Hall–Kier alpha value is -1.72. The van der Waals surface area contributed by atoms with E-state index in [1.54, 1.807) is 6.07 Å². The van der Waals surface area contributed by atoms with Crippen LogP contribution in [0.5, 0.6) is 0 Å². The molecule has 3 nitrogen and oxygen atoms in total. The number of rotatable bonds is 5. The summed E-state index contributed by atoms with van der Waals surface area (Å²) >= 11 is 3.23. The fourth-order valence-corrected chi connectivity index (χ4v) is 2.47. The minimum atomic E-state index is -0.599. The minimum absolute atomic E-state index is 0.327. The van der Waals surface area contributed by atoms with Gasteiger partial charge in [-0.15, -0.1) is 0 Å². The predicted octanol–water partition coefficient (Wildman–Crippen LogP) is 2.90. The Labute approximate surface area is 125 Å². The Bertz CT molecular complexity index is 584. The highest BCUT2D eigenvalue weighted by Crippen LogP contribution is 2.17. The summed E-state index contributed by atoms with van der Waals surface area (Å²) in [6, 6.07) is 13.2. The van der Waals surface area contributed by atoms with Crippen LogP contribution in [-0.4, -0.2) is 5.91 Å². The summed E-state index contributed by atoms with van der Waals surface area (Å²) in [4.78, 5) is 11.5. The van der Waals surface area contributed by atoms with Gasteiger partial charge in [0.1, 0.15) is 11.9 Å². The quantitative estimate of drug-likeness (QED) is 0.881. The topological polar surface area (TPSA) is 55.1 Å². The Morgan fingerprint density at radius 3 is 2.55 bits per heavy atom. The van der Waals surface area contributed by atoms with Crippen molar-refractivity contribution in [1.82, 2.24) is 5.32 Å². The summed E-state index contributed by atoms with van der Waals surface area (Å²) in [6.45, 7) is 0.346. The first-order valence-electron chi connectivity index (χ1n) is 6.09. The van der Waals surface area contributed by atoms with E-state index < -0.39 is 11.9 Å². The molecule has 0 bridgehead atoms. The average molecular weight is 337 g/mol. The van der Waals surface area contributed by atoms with Gasteiger partial charge in [-0.1, -0.05) is 46.3 Å². The molecule has 0 saturated carbocycles. The molecule has 3 N–H and O–H groups in total. The maximum atomic E-state index is 13.3. The lowest BCUT2D eigenvalue weighted by atomic mass is 10.1. The van der Waals surface area contributed by atoms with E-state index >= 15 is 0 Å². The van der Waals surface area contributed by atoms with Crippen molar-refractivity contribution in [3.63, 3.8) is 0 Å². The van der Waals surface area contributed by atoms with E-state index in [1.807, 2.05) is 30.3 Å². The molecule has 0 spiro atoms. The maximum Gasteiger partial charge on any atom is 0.239 e. The summed E-state index contributed by atoms with van der Waals surface area (Å²) in [5.74, 6) is -0.793. The number of carbonyl (C=O) groups excluding carboxylic acids is 1. The molecule has 1 amide bonds. The molecular weight excluding hydrogens is 323 g/mol. The number of nitrogens with two attached hydrogens (primary N) is 1. The summed E-state index contributed by atoms with van der Waals surface area (Å²) in [5, 5.41) is 3.04. The highest BCUT2D eigenvalue weighted by Gasteiger charge is 2.16. The SMILES string of the molecule is NC(=O)C(NCc1cc(F)cc(Br)c1)c1ccccc1. The van der Waals surface area contributed by atoms with Crippen LogP contribution in [-0.2, 0) is 11.3 Å². The maximum absolute atomic E-state index is 13.3. The van der Waals surface area contributed by atoms with E-state index in [-0.39, 0.29) is 5.82 Å². The van der Waals surface area contributed by atoms with Gasteiger partial charge in [-0.25, -0.2) is 4.39 Å². The molecule has 0 heterocycles. The second-order valence-electron chi connectivity index (χ2n) is 4.40. The highest BCUT2D eigenvalue weighted by molar-refractivity contribution is 9.10. The fraction of sp³-hybridized carbons (Fsp3) is 0.133.